The first-order valence-electron chi connectivity index (χ1n) is 5.91. The molecular formula is C13H14Cl3N3. The van der Waals surface area contributed by atoms with Gasteiger partial charge in [0.25, 0.3) is 0 Å². The van der Waals surface area contributed by atoms with E-state index in [-0.39, 0.29) is 0 Å². The highest BCUT2D eigenvalue weighted by Gasteiger charge is 2.11. The molecule has 2 aromatic rings. The number of imidazole rings is 1. The summed E-state index contributed by atoms with van der Waals surface area (Å²) in [5.74, 6) is 1.25. The summed E-state index contributed by atoms with van der Waals surface area (Å²) in [6.45, 7) is 5.09. The third-order valence-corrected chi connectivity index (χ3v) is 3.58. The van der Waals surface area contributed by atoms with Gasteiger partial charge in [0.1, 0.15) is 0 Å². The first-order chi connectivity index (χ1) is 8.99. The highest BCUT2D eigenvalue weighted by Crippen LogP contribution is 2.32. The lowest BCUT2D eigenvalue weighted by molar-refractivity contribution is 0.683. The molecule has 1 aromatic heterocycles. The molecule has 1 heterocycles. The fourth-order valence-corrected chi connectivity index (χ4v) is 2.25. The van der Waals surface area contributed by atoms with Crippen molar-refractivity contribution in [1.29, 1.82) is 0 Å². The van der Waals surface area contributed by atoms with Crippen molar-refractivity contribution in [2.75, 3.05) is 11.9 Å². The van der Waals surface area contributed by atoms with Crippen molar-refractivity contribution in [2.45, 2.75) is 13.8 Å². The lowest BCUT2D eigenvalue weighted by atomic mass is 10.2. The molecule has 0 atom stereocenters. The minimum Gasteiger partial charge on any atom is -0.355 e. The molecule has 0 saturated carbocycles. The van der Waals surface area contributed by atoms with Crippen LogP contribution in [0.1, 0.15) is 13.8 Å². The van der Waals surface area contributed by atoms with Gasteiger partial charge < -0.3 is 5.32 Å². The van der Waals surface area contributed by atoms with E-state index in [1.165, 1.54) is 0 Å². The van der Waals surface area contributed by atoms with E-state index in [0.717, 1.165) is 18.2 Å². The second-order valence-corrected chi connectivity index (χ2v) is 5.83. The first kappa shape index (κ1) is 14.5. The Labute approximate surface area is 127 Å². The van der Waals surface area contributed by atoms with Gasteiger partial charge in [-0.3, -0.25) is 4.57 Å². The Morgan fingerprint density at radius 1 is 1.16 bits per heavy atom. The Morgan fingerprint density at radius 2 is 1.84 bits per heavy atom. The summed E-state index contributed by atoms with van der Waals surface area (Å²) >= 11 is 18.2. The van der Waals surface area contributed by atoms with Gasteiger partial charge in [0.2, 0.25) is 5.95 Å². The Bertz CT molecular complexity index is 579. The third-order valence-electron chi connectivity index (χ3n) is 2.56. The maximum absolute atomic E-state index is 6.21. The molecule has 0 spiro atoms. The maximum Gasteiger partial charge on any atom is 0.207 e. The molecule has 0 aliphatic heterocycles. The predicted octanol–water partition coefficient (Wildman–Crippen LogP) is 4.90. The molecule has 0 radical (unpaired) electrons. The Hall–Kier alpha value is -0.900. The molecule has 2 rings (SSSR count). The van der Waals surface area contributed by atoms with Crippen LogP contribution < -0.4 is 5.32 Å². The molecular weight excluding hydrogens is 305 g/mol. The number of nitrogens with zero attached hydrogens (tertiary/aromatic N) is 2. The van der Waals surface area contributed by atoms with E-state index in [4.69, 9.17) is 34.8 Å². The van der Waals surface area contributed by atoms with E-state index in [1.807, 2.05) is 10.8 Å². The number of benzene rings is 1. The van der Waals surface area contributed by atoms with Gasteiger partial charge >= 0.3 is 0 Å². The van der Waals surface area contributed by atoms with Gasteiger partial charge in [-0.05, 0) is 18.1 Å². The fourth-order valence-electron chi connectivity index (χ4n) is 1.62. The van der Waals surface area contributed by atoms with Crippen LogP contribution in [0.25, 0.3) is 5.69 Å². The topological polar surface area (TPSA) is 29.9 Å². The van der Waals surface area contributed by atoms with Gasteiger partial charge in [0.15, 0.2) is 0 Å². The van der Waals surface area contributed by atoms with Gasteiger partial charge in [-0.1, -0.05) is 48.7 Å². The monoisotopic (exact) mass is 317 g/mol. The van der Waals surface area contributed by atoms with Crippen molar-refractivity contribution in [3.8, 4) is 5.69 Å². The number of halogens is 3. The fraction of sp³-hybridized carbons (Fsp3) is 0.308. The molecule has 19 heavy (non-hydrogen) atoms. The van der Waals surface area contributed by atoms with Crippen molar-refractivity contribution in [2.24, 2.45) is 5.92 Å². The van der Waals surface area contributed by atoms with Gasteiger partial charge in [-0.25, -0.2) is 4.98 Å². The minimum absolute atomic E-state index is 0.437. The number of aromatic nitrogens is 2. The van der Waals surface area contributed by atoms with Crippen molar-refractivity contribution >= 4 is 40.8 Å². The van der Waals surface area contributed by atoms with Gasteiger partial charge in [0, 0.05) is 18.9 Å². The average Bonchev–Trinajstić information content (AvgIpc) is 2.79. The summed E-state index contributed by atoms with van der Waals surface area (Å²) in [5.41, 5.74) is 0.750. The summed E-state index contributed by atoms with van der Waals surface area (Å²) in [7, 11) is 0. The predicted molar refractivity (Wildman–Crippen MR) is 81.9 cm³/mol. The zero-order valence-electron chi connectivity index (χ0n) is 10.6. The molecule has 0 bridgehead atoms. The molecule has 0 amide bonds. The zero-order valence-corrected chi connectivity index (χ0v) is 12.9. The van der Waals surface area contributed by atoms with E-state index in [9.17, 15) is 0 Å². The van der Waals surface area contributed by atoms with Crippen LogP contribution in [0.3, 0.4) is 0 Å². The summed E-state index contributed by atoms with van der Waals surface area (Å²) < 4.78 is 1.85. The first-order valence-corrected chi connectivity index (χ1v) is 7.04. The van der Waals surface area contributed by atoms with Crippen molar-refractivity contribution in [1.82, 2.24) is 9.55 Å². The summed E-state index contributed by atoms with van der Waals surface area (Å²) in [5, 5.41) is 4.70. The molecule has 6 heteroatoms. The molecule has 1 N–H and O–H groups in total. The summed E-state index contributed by atoms with van der Waals surface area (Å²) in [6.07, 6.45) is 3.54. The molecule has 0 aliphatic rings. The molecule has 0 saturated heterocycles. The van der Waals surface area contributed by atoms with E-state index >= 15 is 0 Å². The maximum atomic E-state index is 6.21. The zero-order chi connectivity index (χ0) is 14.0. The SMILES string of the molecule is CC(C)CNc1nccn1-c1cc(Cl)c(Cl)cc1Cl. The van der Waals surface area contributed by atoms with Crippen LogP contribution in [-0.4, -0.2) is 16.1 Å². The minimum atomic E-state index is 0.437. The van der Waals surface area contributed by atoms with E-state index in [2.05, 4.69) is 24.1 Å². The van der Waals surface area contributed by atoms with Crippen LogP contribution in [0, 0.1) is 5.92 Å². The van der Waals surface area contributed by atoms with Crippen LogP contribution in [-0.2, 0) is 0 Å². The molecule has 1 aromatic carbocycles. The Kier molecular flexibility index (Phi) is 4.61. The average molecular weight is 319 g/mol. The van der Waals surface area contributed by atoms with Crippen LogP contribution in [0.2, 0.25) is 15.1 Å². The summed E-state index contributed by atoms with van der Waals surface area (Å²) in [4.78, 5) is 4.27. The molecule has 0 aliphatic carbocycles. The van der Waals surface area contributed by atoms with Crippen LogP contribution in [0.5, 0.6) is 0 Å². The second-order valence-electron chi connectivity index (χ2n) is 4.61. The van der Waals surface area contributed by atoms with E-state index < -0.39 is 0 Å². The number of hydrogen-bond acceptors (Lipinski definition) is 2. The normalized spacial score (nSPS) is 11.1. The molecule has 3 nitrogen and oxygen atoms in total. The molecule has 0 fully saturated rings. The largest absolute Gasteiger partial charge is 0.355 e. The van der Waals surface area contributed by atoms with Crippen LogP contribution in [0.15, 0.2) is 24.5 Å². The number of rotatable bonds is 4. The smallest absolute Gasteiger partial charge is 0.207 e. The van der Waals surface area contributed by atoms with E-state index in [1.54, 1.807) is 18.3 Å². The quantitative estimate of drug-likeness (QED) is 0.813. The van der Waals surface area contributed by atoms with E-state index in [0.29, 0.717) is 21.0 Å². The highest BCUT2D eigenvalue weighted by molar-refractivity contribution is 6.43. The van der Waals surface area contributed by atoms with Gasteiger partial charge in [-0.2, -0.15) is 0 Å². The standard InChI is InChI=1S/C13H14Cl3N3/c1-8(2)7-18-13-17-3-4-19(13)12-6-10(15)9(14)5-11(12)16/h3-6,8H,7H2,1-2H3,(H,17,18). The summed E-state index contributed by atoms with van der Waals surface area (Å²) in [6, 6.07) is 3.36. The number of nitrogens with one attached hydrogen (secondary N) is 1. The van der Waals surface area contributed by atoms with Gasteiger partial charge in [-0.15, -0.1) is 0 Å². The van der Waals surface area contributed by atoms with Crippen LogP contribution >= 0.6 is 34.8 Å². The van der Waals surface area contributed by atoms with Crippen molar-refractivity contribution < 1.29 is 0 Å². The second kappa shape index (κ2) is 6.04. The molecule has 102 valence electrons. The molecule has 0 unspecified atom stereocenters. The van der Waals surface area contributed by atoms with Crippen molar-refractivity contribution in [3.05, 3.63) is 39.6 Å². The number of hydrogen-bond donors (Lipinski definition) is 1. The Morgan fingerprint density at radius 3 is 2.53 bits per heavy atom. The third kappa shape index (κ3) is 3.35. The lowest BCUT2D eigenvalue weighted by Crippen LogP contribution is -2.12. The van der Waals surface area contributed by atoms with Crippen molar-refractivity contribution in [3.63, 3.8) is 0 Å². The van der Waals surface area contributed by atoms with Gasteiger partial charge in [0.05, 0.1) is 20.8 Å². The number of anilines is 1. The Balaban J connectivity index is 2.37. The lowest BCUT2D eigenvalue weighted by Gasteiger charge is -2.13. The van der Waals surface area contributed by atoms with Crippen LogP contribution in [0.4, 0.5) is 5.95 Å². The highest BCUT2D eigenvalue weighted by atomic mass is 35.5.